The van der Waals surface area contributed by atoms with Crippen molar-refractivity contribution in [2.75, 3.05) is 13.2 Å². The highest BCUT2D eigenvalue weighted by molar-refractivity contribution is 6.64. The van der Waals surface area contributed by atoms with Crippen molar-refractivity contribution in [2.45, 2.75) is 39.7 Å². The molecule has 0 saturated carbocycles. The summed E-state index contributed by atoms with van der Waals surface area (Å²) in [7, 11) is -2.06. The average Bonchev–Trinajstić information content (AvgIpc) is 1.82. The first-order valence-electron chi connectivity index (χ1n) is 4.71. The van der Waals surface area contributed by atoms with E-state index in [-0.39, 0.29) is 0 Å². The molecule has 0 rings (SSSR count). The highest BCUT2D eigenvalue weighted by Gasteiger charge is 2.32. The van der Waals surface area contributed by atoms with Gasteiger partial charge in [0.1, 0.15) is 0 Å². The van der Waals surface area contributed by atoms with Crippen LogP contribution in [0.15, 0.2) is 0 Å². The third kappa shape index (κ3) is 6.17. The number of hydrogen-bond acceptors (Lipinski definition) is 4. The molecule has 0 radical (unpaired) electrons. The lowest BCUT2D eigenvalue weighted by Gasteiger charge is -2.34. The summed E-state index contributed by atoms with van der Waals surface area (Å²) < 4.78 is 11.2. The number of nitrogens with one attached hydrogen (secondary N) is 1. The summed E-state index contributed by atoms with van der Waals surface area (Å²) in [6.45, 7) is 11.2. The molecule has 0 amide bonds. The van der Waals surface area contributed by atoms with Gasteiger partial charge in [-0.3, -0.25) is 11.1 Å². The fraction of sp³-hybridized carbons (Fsp3) is 1.00. The van der Waals surface area contributed by atoms with Crippen LogP contribution in [0, 0.1) is 0 Å². The van der Waals surface area contributed by atoms with E-state index in [9.17, 15) is 0 Å². The fourth-order valence-electron chi connectivity index (χ4n) is 1.27. The molecule has 0 saturated heterocycles. The summed E-state index contributed by atoms with van der Waals surface area (Å²) in [4.78, 5) is 0. The predicted molar refractivity (Wildman–Crippen MR) is 56.5 cm³/mol. The molecule has 0 aliphatic carbocycles. The predicted octanol–water partition coefficient (Wildman–Crippen LogP) is 0.983. The largest absolute Gasteiger partial charge is 0.395 e. The average molecular weight is 206 g/mol. The maximum atomic E-state index is 5.87. The number of rotatable bonds is 6. The van der Waals surface area contributed by atoms with Crippen molar-refractivity contribution in [2.24, 2.45) is 5.73 Å². The maximum Gasteiger partial charge on any atom is 0.334 e. The lowest BCUT2D eigenvalue weighted by atomic mass is 10.5. The zero-order valence-electron chi connectivity index (χ0n) is 9.31. The van der Waals surface area contributed by atoms with Gasteiger partial charge in [-0.2, -0.15) is 0 Å². The third-order valence-corrected chi connectivity index (χ3v) is 3.38. The van der Waals surface area contributed by atoms with Gasteiger partial charge >= 0.3 is 8.56 Å². The Morgan fingerprint density at radius 2 is 1.92 bits per heavy atom. The van der Waals surface area contributed by atoms with E-state index in [4.69, 9.17) is 14.6 Å². The van der Waals surface area contributed by atoms with Crippen LogP contribution in [-0.4, -0.2) is 27.6 Å². The highest BCUT2D eigenvalue weighted by Crippen LogP contribution is 2.12. The van der Waals surface area contributed by atoms with Crippen molar-refractivity contribution in [1.29, 1.82) is 0 Å². The monoisotopic (exact) mass is 206 g/mol. The Labute approximate surface area is 82.0 Å². The van der Waals surface area contributed by atoms with E-state index in [2.05, 4.69) is 5.32 Å². The molecule has 0 fully saturated rings. The molecule has 0 aliphatic rings. The summed E-state index contributed by atoms with van der Waals surface area (Å²) in [5, 5.41) is 3.05. The molecular formula is C8H22N2O2Si. The Hall–Kier alpha value is 0.0569. The summed E-state index contributed by atoms with van der Waals surface area (Å²) in [5.41, 5.74) is 5.87. The number of hydrogen-bond donors (Lipinski definition) is 2. The zero-order chi connectivity index (χ0) is 10.5. The van der Waals surface area contributed by atoms with Gasteiger partial charge in [-0.1, -0.05) is 6.92 Å². The van der Waals surface area contributed by atoms with Gasteiger partial charge in [-0.25, -0.2) is 0 Å². The van der Waals surface area contributed by atoms with Gasteiger partial charge in [0.2, 0.25) is 0 Å². The van der Waals surface area contributed by atoms with Crippen molar-refractivity contribution in [3.05, 3.63) is 0 Å². The molecule has 0 aromatic rings. The van der Waals surface area contributed by atoms with Crippen molar-refractivity contribution in [3.8, 4) is 0 Å². The van der Waals surface area contributed by atoms with Gasteiger partial charge < -0.3 is 8.85 Å². The lowest BCUT2D eigenvalue weighted by molar-refractivity contribution is 0.0186. The van der Waals surface area contributed by atoms with Crippen molar-refractivity contribution in [1.82, 2.24) is 5.32 Å². The second kappa shape index (κ2) is 5.07. The quantitative estimate of drug-likeness (QED) is 0.502. The van der Waals surface area contributed by atoms with Gasteiger partial charge in [0.25, 0.3) is 0 Å². The first-order valence-corrected chi connectivity index (χ1v) is 7.52. The molecule has 5 heteroatoms. The summed E-state index contributed by atoms with van der Waals surface area (Å²) in [6, 6.07) is 0. The number of nitrogens with two attached hydrogens (primary N) is 1. The van der Waals surface area contributed by atoms with Gasteiger partial charge in [0.15, 0.2) is 5.85 Å². The molecule has 0 bridgehead atoms. The van der Waals surface area contributed by atoms with E-state index in [1.807, 2.05) is 33.9 Å². The Balaban J connectivity index is 4.07. The van der Waals surface area contributed by atoms with E-state index in [0.29, 0.717) is 6.61 Å². The molecule has 0 heterocycles. The fourth-order valence-corrected chi connectivity index (χ4v) is 3.12. The van der Waals surface area contributed by atoms with E-state index < -0.39 is 14.4 Å². The zero-order valence-corrected chi connectivity index (χ0v) is 10.3. The van der Waals surface area contributed by atoms with Gasteiger partial charge in [0, 0.05) is 6.61 Å². The van der Waals surface area contributed by atoms with Gasteiger partial charge in [-0.05, 0) is 33.5 Å². The SMILES string of the molecule is CCNC(C)(N)O[Si](C)(C)OCC. The maximum absolute atomic E-state index is 5.87. The first-order chi connectivity index (χ1) is 5.83. The van der Waals surface area contributed by atoms with E-state index in [1.165, 1.54) is 0 Å². The van der Waals surface area contributed by atoms with Crippen molar-refractivity contribution in [3.63, 3.8) is 0 Å². The minimum absolute atomic E-state index is 0.668. The molecule has 0 aromatic carbocycles. The van der Waals surface area contributed by atoms with Crippen molar-refractivity contribution >= 4 is 8.56 Å². The Bertz CT molecular complexity index is 135. The summed E-state index contributed by atoms with van der Waals surface area (Å²) >= 11 is 0. The minimum Gasteiger partial charge on any atom is -0.395 e. The normalized spacial score (nSPS) is 17.1. The summed E-state index contributed by atoms with van der Waals surface area (Å²) in [5.74, 6) is -0.778. The molecule has 0 aromatic heterocycles. The minimum atomic E-state index is -2.06. The van der Waals surface area contributed by atoms with Crippen LogP contribution in [0.1, 0.15) is 20.8 Å². The standard InChI is InChI=1S/C8H22N2O2Si/c1-6-10-8(3,9)12-13(4,5)11-7-2/h10H,6-7,9H2,1-5H3. The van der Waals surface area contributed by atoms with Crippen LogP contribution in [0.3, 0.4) is 0 Å². The molecule has 1 atom stereocenters. The van der Waals surface area contributed by atoms with Crippen LogP contribution in [0.25, 0.3) is 0 Å². The first kappa shape index (κ1) is 13.1. The second-order valence-corrected chi connectivity index (χ2v) is 6.86. The second-order valence-electron chi connectivity index (χ2n) is 3.57. The molecule has 4 nitrogen and oxygen atoms in total. The van der Waals surface area contributed by atoms with E-state index >= 15 is 0 Å². The molecule has 3 N–H and O–H groups in total. The summed E-state index contributed by atoms with van der Waals surface area (Å²) in [6.07, 6.45) is 0. The van der Waals surface area contributed by atoms with Crippen LogP contribution in [0.4, 0.5) is 0 Å². The topological polar surface area (TPSA) is 56.5 Å². The van der Waals surface area contributed by atoms with Crippen LogP contribution in [-0.2, 0) is 8.85 Å². The Morgan fingerprint density at radius 3 is 2.31 bits per heavy atom. The van der Waals surface area contributed by atoms with Crippen LogP contribution >= 0.6 is 0 Å². The lowest BCUT2D eigenvalue weighted by Crippen LogP contribution is -2.59. The van der Waals surface area contributed by atoms with Gasteiger partial charge in [0.05, 0.1) is 0 Å². The van der Waals surface area contributed by atoms with E-state index in [0.717, 1.165) is 6.54 Å². The smallest absolute Gasteiger partial charge is 0.334 e. The molecule has 0 spiro atoms. The Kier molecular flexibility index (Phi) is 5.09. The molecule has 13 heavy (non-hydrogen) atoms. The van der Waals surface area contributed by atoms with Crippen LogP contribution < -0.4 is 11.1 Å². The van der Waals surface area contributed by atoms with Crippen LogP contribution in [0.5, 0.6) is 0 Å². The van der Waals surface area contributed by atoms with Crippen molar-refractivity contribution < 1.29 is 8.85 Å². The highest BCUT2D eigenvalue weighted by atomic mass is 28.4. The molecule has 80 valence electrons. The molecule has 0 aliphatic heterocycles. The van der Waals surface area contributed by atoms with E-state index in [1.54, 1.807) is 0 Å². The molecule has 1 unspecified atom stereocenters. The van der Waals surface area contributed by atoms with Crippen LogP contribution in [0.2, 0.25) is 13.1 Å². The van der Waals surface area contributed by atoms with Gasteiger partial charge in [-0.15, -0.1) is 0 Å². The molecular weight excluding hydrogens is 184 g/mol. The third-order valence-electron chi connectivity index (χ3n) is 1.48. The Morgan fingerprint density at radius 1 is 1.38 bits per heavy atom.